The Morgan fingerprint density at radius 1 is 0.474 bits per heavy atom. The lowest BCUT2D eigenvalue weighted by molar-refractivity contribution is -0.143. The third-order valence-electron chi connectivity index (χ3n) is 6.95. The molecule has 0 fully saturated rings. The van der Waals surface area contributed by atoms with Crippen molar-refractivity contribution >= 4 is 47.7 Å². The van der Waals surface area contributed by atoms with Gasteiger partial charge in [-0.2, -0.15) is 0 Å². The highest BCUT2D eigenvalue weighted by atomic mass is 31.2. The number of aliphatic carboxylic acids is 2. The van der Waals surface area contributed by atoms with Crippen LogP contribution < -0.4 is 21.2 Å². The van der Waals surface area contributed by atoms with Crippen LogP contribution in [0.1, 0.15) is 0 Å². The monoisotopic (exact) mass is 548 g/mol. The fourth-order valence-electron chi connectivity index (χ4n) is 5.09. The van der Waals surface area contributed by atoms with Gasteiger partial charge in [0.25, 0.3) is 11.7 Å². The molecule has 0 radical (unpaired) electrons. The molecule has 0 heterocycles. The van der Waals surface area contributed by atoms with Gasteiger partial charge in [0.1, 0.15) is 48.1 Å². The summed E-state index contributed by atoms with van der Waals surface area (Å²) in [5.41, 5.74) is 0. The van der Waals surface area contributed by atoms with Crippen molar-refractivity contribution in [1.29, 1.82) is 0 Å². The maximum absolute atomic E-state index is 12.4. The number of carboxylic acids is 2. The van der Waals surface area contributed by atoms with Crippen molar-refractivity contribution in [3.05, 3.63) is 121 Å². The third kappa shape index (κ3) is 5.14. The van der Waals surface area contributed by atoms with E-state index in [2.05, 4.69) is 0 Å². The van der Waals surface area contributed by atoms with Crippen LogP contribution in [-0.4, -0.2) is 56.4 Å². The van der Waals surface area contributed by atoms with E-state index in [1.54, 1.807) is 0 Å². The number of hydrogen-bond donors (Lipinski definition) is 4. The Hall–Kier alpha value is -3.40. The normalized spacial score (nSPS) is 13.4. The summed E-state index contributed by atoms with van der Waals surface area (Å²) < 4.78 is 0. The molecule has 4 aromatic rings. The van der Waals surface area contributed by atoms with Crippen molar-refractivity contribution in [2.75, 3.05) is 12.3 Å². The van der Waals surface area contributed by atoms with Crippen molar-refractivity contribution in [3.8, 4) is 0 Å². The Labute approximate surface area is 222 Å². The van der Waals surface area contributed by atoms with Gasteiger partial charge in [0.05, 0.1) is 0 Å². The minimum absolute atomic E-state index is 0.177. The SMILES string of the molecule is O=C(O)C(O)[P+](CC[P+](c1ccccc1)(c1ccccc1)C(O)C(=O)O)(c1ccccc1)c1ccccc1. The summed E-state index contributed by atoms with van der Waals surface area (Å²) in [4.78, 5) is 24.9. The highest BCUT2D eigenvalue weighted by molar-refractivity contribution is 7.94. The van der Waals surface area contributed by atoms with E-state index >= 15 is 0 Å². The smallest absolute Gasteiger partial charge is 0.373 e. The molecule has 0 aliphatic carbocycles. The van der Waals surface area contributed by atoms with E-state index < -0.39 is 38.2 Å². The molecule has 8 heteroatoms. The highest BCUT2D eigenvalue weighted by Crippen LogP contribution is 2.67. The zero-order chi connectivity index (χ0) is 27.2. The second kappa shape index (κ2) is 12.0. The van der Waals surface area contributed by atoms with E-state index in [1.165, 1.54) is 0 Å². The second-order valence-corrected chi connectivity index (χ2v) is 16.4. The summed E-state index contributed by atoms with van der Waals surface area (Å²) in [5.74, 6) is -6.12. The fourth-order valence-corrected chi connectivity index (χ4v) is 14.4. The lowest BCUT2D eigenvalue weighted by Crippen LogP contribution is -2.43. The topological polar surface area (TPSA) is 115 Å². The van der Waals surface area contributed by atoms with Gasteiger partial charge in [0.15, 0.2) is 0 Å². The molecule has 4 N–H and O–H groups in total. The van der Waals surface area contributed by atoms with Gasteiger partial charge in [-0.05, 0) is 48.5 Å². The zero-order valence-corrected chi connectivity index (χ0v) is 22.4. The summed E-state index contributed by atoms with van der Waals surface area (Å²) in [6, 6.07) is 36.4. The van der Waals surface area contributed by atoms with Crippen LogP contribution in [-0.2, 0) is 9.59 Å². The van der Waals surface area contributed by atoms with E-state index in [4.69, 9.17) is 0 Å². The molecule has 2 unspecified atom stereocenters. The lowest BCUT2D eigenvalue weighted by Gasteiger charge is -2.34. The molecule has 0 aliphatic rings. The van der Waals surface area contributed by atoms with Crippen LogP contribution in [0.2, 0.25) is 0 Å². The number of aliphatic hydroxyl groups excluding tert-OH is 2. The fraction of sp³-hybridized carbons (Fsp3) is 0.133. The van der Waals surface area contributed by atoms with E-state index in [9.17, 15) is 30.0 Å². The Bertz CT molecular complexity index is 1160. The number of carboxylic acid groups (broad SMARTS) is 2. The Balaban J connectivity index is 1.99. The first-order valence-corrected chi connectivity index (χ1v) is 16.2. The van der Waals surface area contributed by atoms with Gasteiger partial charge in [0, 0.05) is 0 Å². The predicted octanol–water partition coefficient (Wildman–Crippen LogP) is 3.13. The number of rotatable bonds is 11. The van der Waals surface area contributed by atoms with Crippen LogP contribution in [0.5, 0.6) is 0 Å². The summed E-state index contributed by atoms with van der Waals surface area (Å²) in [6.45, 7) is 0. The average Bonchev–Trinajstić information content (AvgIpc) is 2.97. The van der Waals surface area contributed by atoms with E-state index in [0.29, 0.717) is 21.2 Å². The van der Waals surface area contributed by atoms with Crippen molar-refractivity contribution in [3.63, 3.8) is 0 Å². The molecular formula is C30H30O6P2+2. The predicted molar refractivity (Wildman–Crippen MR) is 155 cm³/mol. The molecule has 194 valence electrons. The number of benzene rings is 4. The molecule has 0 saturated carbocycles. The van der Waals surface area contributed by atoms with Crippen LogP contribution in [0.3, 0.4) is 0 Å². The van der Waals surface area contributed by atoms with E-state index in [1.807, 2.05) is 121 Å². The third-order valence-corrected chi connectivity index (χ3v) is 16.2. The van der Waals surface area contributed by atoms with Gasteiger partial charge in [0.2, 0.25) is 0 Å². The average molecular weight is 549 g/mol. The molecule has 0 saturated heterocycles. The molecule has 0 aromatic heterocycles. The van der Waals surface area contributed by atoms with Crippen molar-refractivity contribution in [2.45, 2.75) is 11.7 Å². The van der Waals surface area contributed by atoms with Gasteiger partial charge >= 0.3 is 11.9 Å². The Morgan fingerprint density at radius 3 is 0.868 bits per heavy atom. The number of aliphatic hydroxyl groups is 2. The second-order valence-electron chi connectivity index (χ2n) is 8.95. The molecule has 0 bridgehead atoms. The molecule has 0 aliphatic heterocycles. The molecule has 0 spiro atoms. The molecular weight excluding hydrogens is 518 g/mol. The minimum Gasteiger partial charge on any atom is -0.476 e. The molecule has 38 heavy (non-hydrogen) atoms. The molecule has 6 nitrogen and oxygen atoms in total. The quantitative estimate of drug-likeness (QED) is 0.214. The molecule has 0 amide bonds. The first-order valence-electron chi connectivity index (χ1n) is 12.1. The van der Waals surface area contributed by atoms with Crippen molar-refractivity contribution in [2.24, 2.45) is 0 Å². The van der Waals surface area contributed by atoms with Crippen LogP contribution in [0.15, 0.2) is 121 Å². The first-order chi connectivity index (χ1) is 18.3. The largest absolute Gasteiger partial charge is 0.476 e. The van der Waals surface area contributed by atoms with Crippen molar-refractivity contribution in [1.82, 2.24) is 0 Å². The zero-order valence-electron chi connectivity index (χ0n) is 20.6. The summed E-state index contributed by atoms with van der Waals surface area (Å²) in [5, 5.41) is 45.9. The number of carbonyl (C=O) groups is 2. The standard InChI is InChI=1S/C30H28O6P2/c31-27(32)29(35)37(23-13-5-1-6-14-23,24-15-7-2-8-16-24)21-22-38(30(36)28(33)34,25-17-9-3-10-18-25)26-19-11-4-12-20-26/h1-20,29-30,35-36H,21-22H2/p+2. The summed E-state index contributed by atoms with van der Waals surface area (Å²) in [7, 11) is -6.15. The maximum Gasteiger partial charge on any atom is 0.373 e. The van der Waals surface area contributed by atoms with Crippen LogP contribution >= 0.6 is 14.5 Å². The van der Waals surface area contributed by atoms with Gasteiger partial charge in [-0.25, -0.2) is 9.59 Å². The summed E-state index contributed by atoms with van der Waals surface area (Å²) in [6.07, 6.45) is 0.354. The van der Waals surface area contributed by atoms with Gasteiger partial charge in [-0.1, -0.05) is 72.8 Å². The van der Waals surface area contributed by atoms with E-state index in [0.717, 1.165) is 0 Å². The van der Waals surface area contributed by atoms with Crippen LogP contribution in [0.4, 0.5) is 0 Å². The molecule has 4 rings (SSSR count). The summed E-state index contributed by atoms with van der Waals surface area (Å²) >= 11 is 0. The van der Waals surface area contributed by atoms with Crippen LogP contribution in [0, 0.1) is 0 Å². The van der Waals surface area contributed by atoms with Gasteiger partial charge in [-0.15, -0.1) is 0 Å². The van der Waals surface area contributed by atoms with Crippen LogP contribution in [0.25, 0.3) is 0 Å². The van der Waals surface area contributed by atoms with Gasteiger partial charge < -0.3 is 20.4 Å². The first kappa shape index (κ1) is 27.6. The Kier molecular flexibility index (Phi) is 8.71. The number of hydrogen-bond acceptors (Lipinski definition) is 4. The van der Waals surface area contributed by atoms with E-state index in [-0.39, 0.29) is 12.3 Å². The van der Waals surface area contributed by atoms with Gasteiger partial charge in [-0.3, -0.25) is 0 Å². The minimum atomic E-state index is -3.08. The molecule has 2 atom stereocenters. The lowest BCUT2D eigenvalue weighted by atomic mass is 10.4. The maximum atomic E-state index is 12.4. The molecule has 4 aromatic carbocycles. The van der Waals surface area contributed by atoms with Crippen molar-refractivity contribution < 1.29 is 30.0 Å². The Morgan fingerprint density at radius 2 is 0.684 bits per heavy atom. The highest BCUT2D eigenvalue weighted by Gasteiger charge is 2.60.